The molecule has 30 heavy (non-hydrogen) atoms. The molecule has 2 aromatic rings. The lowest BCUT2D eigenvalue weighted by Crippen LogP contribution is -2.20. The van der Waals surface area contributed by atoms with E-state index < -0.39 is 4.92 Å². The van der Waals surface area contributed by atoms with E-state index in [0.717, 1.165) is 0 Å². The van der Waals surface area contributed by atoms with Gasteiger partial charge < -0.3 is 9.47 Å². The molecule has 3 rings (SSSR count). The highest BCUT2D eigenvalue weighted by molar-refractivity contribution is 6.08. The van der Waals surface area contributed by atoms with Crippen LogP contribution in [-0.4, -0.2) is 19.1 Å². The van der Waals surface area contributed by atoms with E-state index in [4.69, 9.17) is 15.2 Å². The third-order valence-corrected chi connectivity index (χ3v) is 5.08. The summed E-state index contributed by atoms with van der Waals surface area (Å²) in [6.45, 7) is 3.51. The quantitative estimate of drug-likeness (QED) is 0.608. The van der Waals surface area contributed by atoms with Crippen molar-refractivity contribution in [1.82, 2.24) is 0 Å². The Bertz CT molecular complexity index is 1250. The highest BCUT2D eigenvalue weighted by Gasteiger charge is 2.32. The van der Waals surface area contributed by atoms with Gasteiger partial charge in [0.15, 0.2) is 5.69 Å². The van der Waals surface area contributed by atoms with Crippen molar-refractivity contribution in [2.75, 3.05) is 20.0 Å². The van der Waals surface area contributed by atoms with Crippen molar-refractivity contribution in [3.8, 4) is 23.6 Å². The second kappa shape index (κ2) is 7.57. The molecule has 0 unspecified atom stereocenters. The average Bonchev–Trinajstić information content (AvgIpc) is 2.98. The fourth-order valence-electron chi connectivity index (χ4n) is 3.59. The van der Waals surface area contributed by atoms with Crippen molar-refractivity contribution in [3.63, 3.8) is 0 Å². The van der Waals surface area contributed by atoms with Gasteiger partial charge in [-0.25, -0.2) is 4.98 Å². The number of nitro benzene ring substituents is 1. The van der Waals surface area contributed by atoms with Crippen LogP contribution in [0.3, 0.4) is 0 Å². The molecule has 0 aliphatic heterocycles. The first kappa shape index (κ1) is 20.4. The molecule has 1 aromatic heterocycles. The van der Waals surface area contributed by atoms with Crippen LogP contribution in [0.5, 0.6) is 11.5 Å². The minimum Gasteiger partial charge on any atom is -0.496 e. The minimum atomic E-state index is -0.542. The Labute approximate surface area is 172 Å². The van der Waals surface area contributed by atoms with E-state index in [2.05, 4.69) is 17.1 Å². The molecule has 150 valence electrons. The van der Waals surface area contributed by atoms with Crippen LogP contribution in [0.2, 0.25) is 0 Å². The number of methoxy groups -OCH3 is 2. The summed E-state index contributed by atoms with van der Waals surface area (Å²) < 4.78 is 10.5. The number of nitrogens with one attached hydrogen (secondary N) is 1. The monoisotopic (exact) mass is 404 g/mol. The Hall–Kier alpha value is -4.37. The van der Waals surface area contributed by atoms with Gasteiger partial charge in [0.1, 0.15) is 29.0 Å². The fraction of sp³-hybridized carbons (Fsp3) is 0.190. The standard InChI is InChI=1S/C21H17N5O4/c1-10-13(5-12-6-16(26(27)28)18(30-4)7-17(12)29-3)19-11(2)15(9-23)21(24)25-20(19)14(10)8-22/h5-7H,1-4H3,(H2,24,25)/p+1. The molecule has 0 spiro atoms. The van der Waals surface area contributed by atoms with Crippen LogP contribution < -0.4 is 20.2 Å². The number of anilines is 1. The predicted octanol–water partition coefficient (Wildman–Crippen LogP) is 3.04. The number of H-pyrrole nitrogens is 1. The summed E-state index contributed by atoms with van der Waals surface area (Å²) >= 11 is 0. The molecule has 1 heterocycles. The molecule has 0 saturated heterocycles. The van der Waals surface area contributed by atoms with Crippen molar-refractivity contribution in [2.24, 2.45) is 0 Å². The van der Waals surface area contributed by atoms with Crippen LogP contribution in [0, 0.1) is 39.7 Å². The van der Waals surface area contributed by atoms with Gasteiger partial charge in [-0.2, -0.15) is 10.5 Å². The van der Waals surface area contributed by atoms with E-state index in [1.54, 1.807) is 19.9 Å². The molecule has 0 saturated carbocycles. The molecule has 9 nitrogen and oxygen atoms in total. The van der Waals surface area contributed by atoms with Crippen LogP contribution in [0.1, 0.15) is 34.9 Å². The number of hydrogen-bond acceptors (Lipinski definition) is 7. The number of nitrogens with two attached hydrogens (primary N) is 1. The Morgan fingerprint density at radius 3 is 2.37 bits per heavy atom. The van der Waals surface area contributed by atoms with E-state index in [9.17, 15) is 20.6 Å². The van der Waals surface area contributed by atoms with Gasteiger partial charge in [-0.05, 0) is 36.6 Å². The molecule has 1 aromatic carbocycles. The number of rotatable bonds is 4. The maximum absolute atomic E-state index is 11.5. The topological polar surface area (TPSA) is 149 Å². The Balaban J connectivity index is 2.37. The van der Waals surface area contributed by atoms with Gasteiger partial charge >= 0.3 is 5.69 Å². The third kappa shape index (κ3) is 2.99. The summed E-state index contributed by atoms with van der Waals surface area (Å²) in [5.74, 6) is 0.607. The van der Waals surface area contributed by atoms with E-state index in [-0.39, 0.29) is 22.8 Å². The number of aromatic amines is 1. The number of ether oxygens (including phenoxy) is 2. The normalized spacial score (nSPS) is 13.6. The van der Waals surface area contributed by atoms with Gasteiger partial charge in [-0.3, -0.25) is 15.8 Å². The highest BCUT2D eigenvalue weighted by atomic mass is 16.6. The second-order valence-corrected chi connectivity index (χ2v) is 6.59. The van der Waals surface area contributed by atoms with Crippen LogP contribution in [0.4, 0.5) is 11.5 Å². The smallest absolute Gasteiger partial charge is 0.311 e. The van der Waals surface area contributed by atoms with Crippen LogP contribution >= 0.6 is 0 Å². The zero-order valence-corrected chi connectivity index (χ0v) is 16.8. The van der Waals surface area contributed by atoms with Crippen molar-refractivity contribution in [2.45, 2.75) is 13.8 Å². The summed E-state index contributed by atoms with van der Waals surface area (Å²) in [5, 5.41) is 30.6. The minimum absolute atomic E-state index is 0.0693. The number of allylic oxidation sites excluding steroid dienone is 3. The SMILES string of the molecule is COc1cc(OC)c([N+](=O)[O-])cc1C=C1C(C)=C(C#N)c2[nH+]c(N)c(C#N)c(C)c21. The van der Waals surface area contributed by atoms with E-state index >= 15 is 0 Å². The van der Waals surface area contributed by atoms with Gasteiger partial charge in [0.2, 0.25) is 5.75 Å². The lowest BCUT2D eigenvalue weighted by Gasteiger charge is -2.11. The van der Waals surface area contributed by atoms with Gasteiger partial charge in [-0.1, -0.05) is 0 Å². The Morgan fingerprint density at radius 2 is 1.83 bits per heavy atom. The predicted molar refractivity (Wildman–Crippen MR) is 109 cm³/mol. The van der Waals surface area contributed by atoms with E-state index in [0.29, 0.717) is 44.9 Å². The number of fused-ring (bicyclic) bond motifs is 1. The summed E-state index contributed by atoms with van der Waals surface area (Å²) in [6, 6.07) is 7.02. The first-order valence-electron chi connectivity index (χ1n) is 8.78. The molecule has 0 bridgehead atoms. The first-order valence-corrected chi connectivity index (χ1v) is 8.78. The summed E-state index contributed by atoms with van der Waals surface area (Å²) in [4.78, 5) is 13.9. The molecule has 9 heteroatoms. The maximum Gasteiger partial charge on any atom is 0.311 e. The molecule has 1 aliphatic carbocycles. The maximum atomic E-state index is 11.5. The lowest BCUT2D eigenvalue weighted by molar-refractivity contribution is -0.385. The zero-order chi connectivity index (χ0) is 22.2. The van der Waals surface area contributed by atoms with Crippen LogP contribution in [0.15, 0.2) is 17.7 Å². The molecular weight excluding hydrogens is 386 g/mol. The first-order chi connectivity index (χ1) is 14.3. The summed E-state index contributed by atoms with van der Waals surface area (Å²) in [6.07, 6.45) is 1.70. The van der Waals surface area contributed by atoms with Crippen molar-refractivity contribution >= 4 is 28.7 Å². The molecular formula is C21H18N5O4+. The van der Waals surface area contributed by atoms with Crippen LogP contribution in [-0.2, 0) is 0 Å². The van der Waals surface area contributed by atoms with E-state index in [1.165, 1.54) is 26.4 Å². The summed E-state index contributed by atoms with van der Waals surface area (Å²) in [7, 11) is 2.79. The Morgan fingerprint density at radius 1 is 1.17 bits per heavy atom. The number of nitriles is 2. The lowest BCUT2D eigenvalue weighted by atomic mass is 9.95. The van der Waals surface area contributed by atoms with Gasteiger partial charge in [0.05, 0.1) is 19.1 Å². The third-order valence-electron chi connectivity index (χ3n) is 5.08. The molecule has 0 atom stereocenters. The number of benzene rings is 1. The number of hydrogen-bond donors (Lipinski definition) is 1. The fourth-order valence-corrected chi connectivity index (χ4v) is 3.59. The molecule has 0 fully saturated rings. The van der Waals surface area contributed by atoms with Crippen molar-refractivity contribution in [3.05, 3.63) is 55.8 Å². The number of nitrogens with zero attached hydrogens (tertiary/aromatic N) is 3. The van der Waals surface area contributed by atoms with Crippen molar-refractivity contribution in [1.29, 1.82) is 10.5 Å². The van der Waals surface area contributed by atoms with E-state index in [1.807, 2.05) is 0 Å². The molecule has 0 radical (unpaired) electrons. The van der Waals surface area contributed by atoms with Crippen molar-refractivity contribution < 1.29 is 19.4 Å². The Kier molecular flexibility index (Phi) is 5.14. The highest BCUT2D eigenvalue weighted by Crippen LogP contribution is 2.44. The molecule has 0 amide bonds. The number of nitro groups is 1. The number of pyridine rings is 1. The molecule has 3 N–H and O–H groups in total. The summed E-state index contributed by atoms with van der Waals surface area (Å²) in [5.41, 5.74) is 9.90. The zero-order valence-electron chi connectivity index (χ0n) is 16.8. The molecule has 1 aliphatic rings. The second-order valence-electron chi connectivity index (χ2n) is 6.59. The average molecular weight is 404 g/mol. The van der Waals surface area contributed by atoms with Gasteiger partial charge in [0, 0.05) is 23.3 Å². The van der Waals surface area contributed by atoms with Gasteiger partial charge in [-0.15, -0.1) is 0 Å². The number of aromatic nitrogens is 1. The van der Waals surface area contributed by atoms with Gasteiger partial charge in [0.25, 0.3) is 5.82 Å². The number of nitrogen functional groups attached to an aromatic ring is 1. The van der Waals surface area contributed by atoms with Crippen LogP contribution in [0.25, 0.3) is 17.2 Å². The largest absolute Gasteiger partial charge is 0.496 e.